The van der Waals surface area contributed by atoms with Crippen LogP contribution in [0, 0.1) is 0 Å². The molecule has 0 heterocycles. The molecule has 0 radical (unpaired) electrons. The first-order valence-corrected chi connectivity index (χ1v) is 5.34. The van der Waals surface area contributed by atoms with E-state index in [4.69, 9.17) is 16.3 Å². The summed E-state index contributed by atoms with van der Waals surface area (Å²) in [5.41, 5.74) is 0. The van der Waals surface area contributed by atoms with Crippen LogP contribution in [0.5, 0.6) is 5.75 Å². The summed E-state index contributed by atoms with van der Waals surface area (Å²) in [7, 11) is 0. The highest BCUT2D eigenvalue weighted by molar-refractivity contribution is 7.98. The standard InChI is InChI=1S/C9H11ClOS/c1-3-11-9-5-4-7(12-2)6-8(9)10/h4-6H,3H2,1-2H3. The van der Waals surface area contributed by atoms with E-state index in [2.05, 4.69) is 0 Å². The van der Waals surface area contributed by atoms with Crippen LogP contribution in [0.25, 0.3) is 0 Å². The van der Waals surface area contributed by atoms with E-state index in [0.29, 0.717) is 11.6 Å². The Morgan fingerprint density at radius 1 is 1.50 bits per heavy atom. The molecule has 66 valence electrons. The van der Waals surface area contributed by atoms with E-state index < -0.39 is 0 Å². The molecule has 3 heteroatoms. The summed E-state index contributed by atoms with van der Waals surface area (Å²) in [6, 6.07) is 5.82. The molecule has 0 atom stereocenters. The monoisotopic (exact) mass is 202 g/mol. The zero-order chi connectivity index (χ0) is 8.97. The van der Waals surface area contributed by atoms with Crippen LogP contribution in [-0.2, 0) is 0 Å². The topological polar surface area (TPSA) is 9.23 Å². The first kappa shape index (κ1) is 9.75. The summed E-state index contributed by atoms with van der Waals surface area (Å²) in [6.07, 6.45) is 2.02. The van der Waals surface area contributed by atoms with Gasteiger partial charge >= 0.3 is 0 Å². The second-order valence-corrected chi connectivity index (χ2v) is 3.52. The molecule has 0 amide bonds. The van der Waals surface area contributed by atoms with E-state index in [1.54, 1.807) is 11.8 Å². The van der Waals surface area contributed by atoms with E-state index in [-0.39, 0.29) is 0 Å². The maximum Gasteiger partial charge on any atom is 0.137 e. The second kappa shape index (κ2) is 4.63. The normalized spacial score (nSPS) is 9.92. The lowest BCUT2D eigenvalue weighted by molar-refractivity contribution is 0.340. The van der Waals surface area contributed by atoms with Crippen molar-refractivity contribution in [1.29, 1.82) is 0 Å². The van der Waals surface area contributed by atoms with Crippen LogP contribution in [0.15, 0.2) is 23.1 Å². The molecule has 0 spiro atoms. The van der Waals surface area contributed by atoms with Crippen LogP contribution >= 0.6 is 23.4 Å². The average Bonchev–Trinajstić information content (AvgIpc) is 2.09. The minimum absolute atomic E-state index is 0.651. The molecule has 1 nitrogen and oxygen atoms in total. The lowest BCUT2D eigenvalue weighted by Crippen LogP contribution is -1.91. The lowest BCUT2D eigenvalue weighted by Gasteiger charge is -2.05. The molecule has 1 aromatic carbocycles. The van der Waals surface area contributed by atoms with Gasteiger partial charge in [-0.05, 0) is 31.4 Å². The zero-order valence-electron chi connectivity index (χ0n) is 7.13. The molecule has 0 unspecified atom stereocenters. The van der Waals surface area contributed by atoms with Gasteiger partial charge in [0.15, 0.2) is 0 Å². The maximum absolute atomic E-state index is 5.95. The zero-order valence-corrected chi connectivity index (χ0v) is 8.71. The third-order valence-corrected chi connectivity index (χ3v) is 2.46. The fourth-order valence-electron chi connectivity index (χ4n) is 0.881. The summed E-state index contributed by atoms with van der Waals surface area (Å²) in [4.78, 5) is 1.16. The lowest BCUT2D eigenvalue weighted by atomic mass is 10.3. The highest BCUT2D eigenvalue weighted by Crippen LogP contribution is 2.28. The first-order chi connectivity index (χ1) is 5.77. The third kappa shape index (κ3) is 2.32. The molecule has 1 rings (SSSR count). The first-order valence-electron chi connectivity index (χ1n) is 3.74. The quantitative estimate of drug-likeness (QED) is 0.695. The van der Waals surface area contributed by atoms with Crippen molar-refractivity contribution in [2.45, 2.75) is 11.8 Å². The van der Waals surface area contributed by atoms with Gasteiger partial charge in [0, 0.05) is 4.90 Å². The number of thioether (sulfide) groups is 1. The SMILES string of the molecule is CCOc1ccc(SC)cc1Cl. The van der Waals surface area contributed by atoms with E-state index in [9.17, 15) is 0 Å². The number of halogens is 1. The van der Waals surface area contributed by atoms with E-state index >= 15 is 0 Å². The highest BCUT2D eigenvalue weighted by atomic mass is 35.5. The number of benzene rings is 1. The molecule has 0 saturated heterocycles. The van der Waals surface area contributed by atoms with Crippen molar-refractivity contribution in [1.82, 2.24) is 0 Å². The predicted octanol–water partition coefficient (Wildman–Crippen LogP) is 3.46. The van der Waals surface area contributed by atoms with E-state index in [1.165, 1.54) is 0 Å². The second-order valence-electron chi connectivity index (χ2n) is 2.23. The van der Waals surface area contributed by atoms with Gasteiger partial charge in [-0.2, -0.15) is 0 Å². The summed E-state index contributed by atoms with van der Waals surface area (Å²) in [5, 5.41) is 0.684. The van der Waals surface area contributed by atoms with Crippen molar-refractivity contribution in [2.24, 2.45) is 0 Å². The van der Waals surface area contributed by atoms with Gasteiger partial charge in [-0.3, -0.25) is 0 Å². The van der Waals surface area contributed by atoms with Gasteiger partial charge in [0.1, 0.15) is 5.75 Å². The molecule has 0 N–H and O–H groups in total. The smallest absolute Gasteiger partial charge is 0.137 e. The van der Waals surface area contributed by atoms with E-state index in [0.717, 1.165) is 10.6 Å². The highest BCUT2D eigenvalue weighted by Gasteiger charge is 2.00. The van der Waals surface area contributed by atoms with Crippen LogP contribution < -0.4 is 4.74 Å². The Bertz CT molecular complexity index is 263. The van der Waals surface area contributed by atoms with Crippen molar-refractivity contribution < 1.29 is 4.74 Å². The maximum atomic E-state index is 5.95. The van der Waals surface area contributed by atoms with Crippen LogP contribution in [0.4, 0.5) is 0 Å². The molecule has 0 aliphatic heterocycles. The minimum atomic E-state index is 0.651. The van der Waals surface area contributed by atoms with Crippen molar-refractivity contribution in [3.8, 4) is 5.75 Å². The van der Waals surface area contributed by atoms with Gasteiger partial charge < -0.3 is 4.74 Å². The summed E-state index contributed by atoms with van der Waals surface area (Å²) < 4.78 is 5.29. The fraction of sp³-hybridized carbons (Fsp3) is 0.333. The third-order valence-electron chi connectivity index (χ3n) is 1.44. The molecule has 0 aliphatic carbocycles. The van der Waals surface area contributed by atoms with Crippen LogP contribution in [0.3, 0.4) is 0 Å². The average molecular weight is 203 g/mol. The van der Waals surface area contributed by atoms with Gasteiger partial charge in [-0.1, -0.05) is 11.6 Å². The van der Waals surface area contributed by atoms with Crippen LogP contribution in [0.2, 0.25) is 5.02 Å². The Morgan fingerprint density at radius 3 is 2.75 bits per heavy atom. The van der Waals surface area contributed by atoms with Crippen molar-refractivity contribution >= 4 is 23.4 Å². The van der Waals surface area contributed by atoms with Crippen molar-refractivity contribution in [2.75, 3.05) is 12.9 Å². The van der Waals surface area contributed by atoms with Crippen LogP contribution in [-0.4, -0.2) is 12.9 Å². The molecule has 0 aliphatic rings. The van der Waals surface area contributed by atoms with Gasteiger partial charge in [-0.25, -0.2) is 0 Å². The predicted molar refractivity (Wildman–Crippen MR) is 54.4 cm³/mol. The van der Waals surface area contributed by atoms with Gasteiger partial charge in [0.2, 0.25) is 0 Å². The van der Waals surface area contributed by atoms with Crippen LogP contribution in [0.1, 0.15) is 6.92 Å². The summed E-state index contributed by atoms with van der Waals surface area (Å²) in [5.74, 6) is 0.761. The molecule has 0 aromatic heterocycles. The van der Waals surface area contributed by atoms with E-state index in [1.807, 2.05) is 31.4 Å². The largest absolute Gasteiger partial charge is 0.492 e. The van der Waals surface area contributed by atoms with Gasteiger partial charge in [0.25, 0.3) is 0 Å². The van der Waals surface area contributed by atoms with Crippen molar-refractivity contribution in [3.05, 3.63) is 23.2 Å². The fourth-order valence-corrected chi connectivity index (χ4v) is 1.62. The Balaban J connectivity index is 2.87. The summed E-state index contributed by atoms with van der Waals surface area (Å²) >= 11 is 7.62. The van der Waals surface area contributed by atoms with Gasteiger partial charge in [-0.15, -0.1) is 11.8 Å². The number of hydrogen-bond donors (Lipinski definition) is 0. The molecule has 0 saturated carbocycles. The Kier molecular flexibility index (Phi) is 3.76. The Hall–Kier alpha value is -0.340. The molecule has 12 heavy (non-hydrogen) atoms. The van der Waals surface area contributed by atoms with Gasteiger partial charge in [0.05, 0.1) is 11.6 Å². The molecular formula is C9H11ClOS. The Morgan fingerprint density at radius 2 is 2.25 bits per heavy atom. The molecular weight excluding hydrogens is 192 g/mol. The number of rotatable bonds is 3. The molecule has 0 bridgehead atoms. The molecule has 1 aromatic rings. The Labute approximate surface area is 82.1 Å². The number of hydrogen-bond acceptors (Lipinski definition) is 2. The summed E-state index contributed by atoms with van der Waals surface area (Å²) in [6.45, 7) is 2.59. The van der Waals surface area contributed by atoms with Crippen molar-refractivity contribution in [3.63, 3.8) is 0 Å². The number of ether oxygens (including phenoxy) is 1. The molecule has 0 fully saturated rings. The minimum Gasteiger partial charge on any atom is -0.492 e.